The van der Waals surface area contributed by atoms with Crippen LogP contribution >= 0.6 is 0 Å². The molecule has 41 heavy (non-hydrogen) atoms. The lowest BCUT2D eigenvalue weighted by atomic mass is 9.96. The second-order valence-corrected chi connectivity index (χ2v) is 8.95. The minimum atomic E-state index is -5.09. The van der Waals surface area contributed by atoms with E-state index in [9.17, 15) is 39.5 Å². The minimum Gasteiger partial charge on any atom is -0.497 e. The second kappa shape index (κ2) is 10.9. The van der Waals surface area contributed by atoms with Gasteiger partial charge in [-0.1, -0.05) is 23.3 Å². The van der Waals surface area contributed by atoms with E-state index in [-0.39, 0.29) is 17.6 Å². The number of tetrazole rings is 1. The number of ether oxygens (including phenoxy) is 1. The van der Waals surface area contributed by atoms with Gasteiger partial charge in [-0.25, -0.2) is 0 Å². The topological polar surface area (TPSA) is 56.1 Å². The van der Waals surface area contributed by atoms with Gasteiger partial charge in [0, 0.05) is 13.1 Å². The standard InChI is InChI=1S/C26H20F9N5O/c1-39-37-23(36-38-39)40(13-15-8-19(25(30,31)32)12-20(9-15)26(33,34)35)14-17-10-18(24(27,28)29)6-7-22(17)16-4-3-5-21(11-16)41-2/h3-12H,13-14H2,1-2H3. The Morgan fingerprint density at radius 2 is 1.39 bits per heavy atom. The Hall–Kier alpha value is -4.30. The van der Waals surface area contributed by atoms with Crippen molar-refractivity contribution in [3.8, 4) is 16.9 Å². The van der Waals surface area contributed by atoms with Gasteiger partial charge in [0.15, 0.2) is 0 Å². The summed E-state index contributed by atoms with van der Waals surface area (Å²) in [4.78, 5) is 2.13. The number of hydrogen-bond donors (Lipinski definition) is 0. The molecule has 4 rings (SSSR count). The molecular formula is C26H20F9N5O. The summed E-state index contributed by atoms with van der Waals surface area (Å²) in [6.07, 6.45) is -14.9. The predicted molar refractivity (Wildman–Crippen MR) is 129 cm³/mol. The first kappa shape index (κ1) is 29.7. The SMILES string of the molecule is COc1cccc(-c2ccc(C(F)(F)F)cc2CN(Cc2cc(C(F)(F)F)cc(C(F)(F)F)c2)c2nnn(C)n2)c1. The maximum atomic E-state index is 13.7. The zero-order valence-electron chi connectivity index (χ0n) is 21.2. The highest BCUT2D eigenvalue weighted by atomic mass is 19.4. The smallest absolute Gasteiger partial charge is 0.416 e. The van der Waals surface area contributed by atoms with E-state index in [1.54, 1.807) is 24.3 Å². The van der Waals surface area contributed by atoms with Crippen LogP contribution in [0.4, 0.5) is 45.5 Å². The number of halogens is 9. The number of methoxy groups -OCH3 is 1. The number of benzene rings is 3. The van der Waals surface area contributed by atoms with E-state index in [0.29, 0.717) is 29.0 Å². The maximum absolute atomic E-state index is 13.7. The molecule has 0 spiro atoms. The van der Waals surface area contributed by atoms with Gasteiger partial charge in [0.1, 0.15) is 5.75 Å². The van der Waals surface area contributed by atoms with Crippen molar-refractivity contribution in [1.82, 2.24) is 20.2 Å². The summed E-state index contributed by atoms with van der Waals surface area (Å²) < 4.78 is 127. The van der Waals surface area contributed by atoms with Crippen LogP contribution < -0.4 is 9.64 Å². The van der Waals surface area contributed by atoms with E-state index < -0.39 is 53.9 Å². The van der Waals surface area contributed by atoms with Gasteiger partial charge in [0.2, 0.25) is 0 Å². The van der Waals surface area contributed by atoms with Crippen LogP contribution in [0.25, 0.3) is 11.1 Å². The highest BCUT2D eigenvalue weighted by molar-refractivity contribution is 5.70. The Balaban J connectivity index is 1.85. The van der Waals surface area contributed by atoms with Crippen LogP contribution in [0.2, 0.25) is 0 Å². The van der Waals surface area contributed by atoms with Crippen LogP contribution in [-0.4, -0.2) is 27.3 Å². The van der Waals surface area contributed by atoms with Crippen LogP contribution in [0.3, 0.4) is 0 Å². The molecule has 0 fully saturated rings. The van der Waals surface area contributed by atoms with Crippen LogP contribution in [0.1, 0.15) is 27.8 Å². The van der Waals surface area contributed by atoms with Crippen LogP contribution in [-0.2, 0) is 38.7 Å². The maximum Gasteiger partial charge on any atom is 0.416 e. The average Bonchev–Trinajstić information content (AvgIpc) is 3.32. The van der Waals surface area contributed by atoms with Gasteiger partial charge >= 0.3 is 18.5 Å². The number of nitrogens with zero attached hydrogens (tertiary/aromatic N) is 5. The van der Waals surface area contributed by atoms with Gasteiger partial charge in [-0.05, 0) is 69.9 Å². The third kappa shape index (κ3) is 7.08. The van der Waals surface area contributed by atoms with Gasteiger partial charge < -0.3 is 9.64 Å². The van der Waals surface area contributed by atoms with Crippen molar-refractivity contribution in [1.29, 1.82) is 0 Å². The van der Waals surface area contributed by atoms with Crippen molar-refractivity contribution in [3.63, 3.8) is 0 Å². The summed E-state index contributed by atoms with van der Waals surface area (Å²) in [7, 11) is 2.77. The van der Waals surface area contributed by atoms with E-state index in [0.717, 1.165) is 21.8 Å². The summed E-state index contributed by atoms with van der Waals surface area (Å²) in [5.74, 6) is 0.178. The molecule has 0 atom stereocenters. The highest BCUT2D eigenvalue weighted by Crippen LogP contribution is 2.38. The van der Waals surface area contributed by atoms with Crippen LogP contribution in [0.5, 0.6) is 5.75 Å². The fourth-order valence-corrected chi connectivity index (χ4v) is 4.11. The first-order chi connectivity index (χ1) is 19.0. The molecule has 0 saturated heterocycles. The van der Waals surface area contributed by atoms with E-state index in [1.807, 2.05) is 0 Å². The quantitative estimate of drug-likeness (QED) is 0.215. The average molecular weight is 589 g/mol. The number of rotatable bonds is 7. The Kier molecular flexibility index (Phi) is 7.91. The fourth-order valence-electron chi connectivity index (χ4n) is 4.11. The lowest BCUT2D eigenvalue weighted by Crippen LogP contribution is -2.25. The van der Waals surface area contributed by atoms with E-state index in [1.165, 1.54) is 20.2 Å². The molecule has 4 aromatic rings. The molecule has 0 bridgehead atoms. The zero-order valence-corrected chi connectivity index (χ0v) is 21.2. The van der Waals surface area contributed by atoms with E-state index in [2.05, 4.69) is 15.4 Å². The van der Waals surface area contributed by atoms with Gasteiger partial charge in [-0.15, -0.1) is 5.10 Å². The summed E-state index contributed by atoms with van der Waals surface area (Å²) >= 11 is 0. The fraction of sp³-hybridized carbons (Fsp3) is 0.269. The third-order valence-electron chi connectivity index (χ3n) is 5.98. The molecule has 0 unspecified atom stereocenters. The molecule has 0 aliphatic heterocycles. The molecular weight excluding hydrogens is 569 g/mol. The molecule has 6 nitrogen and oxygen atoms in total. The molecule has 15 heteroatoms. The number of aryl methyl sites for hydroxylation is 1. The van der Waals surface area contributed by atoms with Crippen LogP contribution in [0.15, 0.2) is 60.7 Å². The van der Waals surface area contributed by atoms with Crippen molar-refractivity contribution < 1.29 is 44.3 Å². The van der Waals surface area contributed by atoms with Gasteiger partial charge in [0.05, 0.1) is 30.8 Å². The summed E-state index contributed by atoms with van der Waals surface area (Å²) in [5.41, 5.74) is -3.69. The van der Waals surface area contributed by atoms with Crippen molar-refractivity contribution in [2.24, 2.45) is 7.05 Å². The highest BCUT2D eigenvalue weighted by Gasteiger charge is 2.37. The molecule has 0 N–H and O–H groups in total. The molecule has 1 aromatic heterocycles. The van der Waals surface area contributed by atoms with E-state index in [4.69, 9.17) is 4.74 Å². The second-order valence-electron chi connectivity index (χ2n) is 8.95. The first-order valence-electron chi connectivity index (χ1n) is 11.7. The monoisotopic (exact) mass is 589 g/mol. The van der Waals surface area contributed by atoms with Gasteiger partial charge in [-0.2, -0.15) is 44.3 Å². The minimum absolute atomic E-state index is 0.0118. The van der Waals surface area contributed by atoms with Gasteiger partial charge in [0.25, 0.3) is 5.95 Å². The molecule has 3 aromatic carbocycles. The van der Waals surface area contributed by atoms with Gasteiger partial charge in [-0.3, -0.25) is 0 Å². The van der Waals surface area contributed by atoms with Crippen molar-refractivity contribution >= 4 is 5.95 Å². The Morgan fingerprint density at radius 1 is 0.756 bits per heavy atom. The Morgan fingerprint density at radius 3 is 1.93 bits per heavy atom. The normalized spacial score (nSPS) is 12.5. The summed E-state index contributed by atoms with van der Waals surface area (Å²) in [5, 5.41) is 11.4. The molecule has 0 aliphatic carbocycles. The predicted octanol–water partition coefficient (Wildman–Crippen LogP) is 7.15. The molecule has 0 aliphatic rings. The summed E-state index contributed by atoms with van der Waals surface area (Å²) in [6.45, 7) is -1.05. The van der Waals surface area contributed by atoms with Crippen molar-refractivity contribution in [2.45, 2.75) is 31.6 Å². The number of aromatic nitrogens is 4. The number of hydrogen-bond acceptors (Lipinski definition) is 5. The first-order valence-corrected chi connectivity index (χ1v) is 11.7. The third-order valence-corrected chi connectivity index (χ3v) is 5.98. The number of anilines is 1. The Labute approximate surface area is 227 Å². The molecule has 218 valence electrons. The zero-order chi connectivity index (χ0) is 30.2. The molecule has 0 radical (unpaired) electrons. The largest absolute Gasteiger partial charge is 0.497 e. The molecule has 0 amide bonds. The lowest BCUT2D eigenvalue weighted by molar-refractivity contribution is -0.143. The number of alkyl halides is 9. The Bertz CT molecular complexity index is 1490. The molecule has 1 heterocycles. The molecule has 0 saturated carbocycles. The summed E-state index contributed by atoms with van der Waals surface area (Å²) in [6, 6.07) is 10.4. The van der Waals surface area contributed by atoms with E-state index >= 15 is 0 Å². The lowest BCUT2D eigenvalue weighted by Gasteiger charge is -2.24. The van der Waals surface area contributed by atoms with Crippen molar-refractivity contribution in [2.75, 3.05) is 12.0 Å². The van der Waals surface area contributed by atoms with Crippen LogP contribution in [0, 0.1) is 0 Å². The van der Waals surface area contributed by atoms with Crippen molar-refractivity contribution in [3.05, 3.63) is 88.5 Å².